The van der Waals surface area contributed by atoms with Crippen molar-refractivity contribution in [3.8, 4) is 0 Å². The van der Waals surface area contributed by atoms with Crippen LogP contribution >= 0.6 is 0 Å². The van der Waals surface area contributed by atoms with Crippen molar-refractivity contribution in [2.24, 2.45) is 5.92 Å². The monoisotopic (exact) mass is 270 g/mol. The van der Waals surface area contributed by atoms with Crippen LogP contribution in [0.25, 0.3) is 0 Å². The molecule has 1 aliphatic rings. The predicted molar refractivity (Wildman–Crippen MR) is 74.1 cm³/mol. The number of hydrogen-bond acceptors (Lipinski definition) is 2. The molecule has 2 amide bonds. The minimum absolute atomic E-state index is 0.250. The first-order valence-electron chi connectivity index (χ1n) is 7.29. The van der Waals surface area contributed by atoms with E-state index in [-0.39, 0.29) is 6.03 Å². The lowest BCUT2D eigenvalue weighted by Crippen LogP contribution is -2.57. The van der Waals surface area contributed by atoms with Gasteiger partial charge < -0.3 is 15.3 Å². The van der Waals surface area contributed by atoms with Gasteiger partial charge in [-0.2, -0.15) is 0 Å². The molecule has 0 spiro atoms. The van der Waals surface area contributed by atoms with E-state index < -0.39 is 11.5 Å². The first kappa shape index (κ1) is 15.8. The summed E-state index contributed by atoms with van der Waals surface area (Å²) in [6, 6.07) is -0.250. The normalized spacial score (nSPS) is 15.7. The summed E-state index contributed by atoms with van der Waals surface area (Å²) in [7, 11) is 0. The standard InChI is InChI=1S/C14H26N2O3/c1-4-14(5-2,12(17)18)15-13(19)16(6-3)10-11-8-7-9-11/h11H,4-10H2,1-3H3,(H,15,19)(H,17,18). The molecule has 0 atom stereocenters. The Morgan fingerprint density at radius 1 is 1.26 bits per heavy atom. The summed E-state index contributed by atoms with van der Waals surface area (Å²) in [6.45, 7) is 6.87. The van der Waals surface area contributed by atoms with Crippen molar-refractivity contribution in [2.75, 3.05) is 13.1 Å². The Bertz CT molecular complexity index is 323. The zero-order valence-corrected chi connectivity index (χ0v) is 12.2. The summed E-state index contributed by atoms with van der Waals surface area (Å²) in [6.07, 6.45) is 4.38. The Hall–Kier alpha value is -1.26. The van der Waals surface area contributed by atoms with E-state index in [2.05, 4.69) is 5.32 Å². The summed E-state index contributed by atoms with van der Waals surface area (Å²) >= 11 is 0. The molecule has 1 rings (SSSR count). The molecule has 19 heavy (non-hydrogen) atoms. The zero-order chi connectivity index (χ0) is 14.5. The van der Waals surface area contributed by atoms with Crippen LogP contribution in [0.15, 0.2) is 0 Å². The molecular weight excluding hydrogens is 244 g/mol. The SMILES string of the molecule is CCN(CC1CCC1)C(=O)NC(CC)(CC)C(=O)O. The van der Waals surface area contributed by atoms with E-state index in [0.29, 0.717) is 25.3 Å². The second-order valence-corrected chi connectivity index (χ2v) is 5.36. The Morgan fingerprint density at radius 2 is 1.84 bits per heavy atom. The lowest BCUT2D eigenvalue weighted by atomic mass is 9.85. The fourth-order valence-corrected chi connectivity index (χ4v) is 2.41. The van der Waals surface area contributed by atoms with Crippen molar-refractivity contribution < 1.29 is 14.7 Å². The number of nitrogens with one attached hydrogen (secondary N) is 1. The van der Waals surface area contributed by atoms with Crippen molar-refractivity contribution in [3.05, 3.63) is 0 Å². The molecule has 0 aliphatic heterocycles. The van der Waals surface area contributed by atoms with Crippen molar-refractivity contribution in [3.63, 3.8) is 0 Å². The maximum atomic E-state index is 12.2. The number of carbonyl (C=O) groups excluding carboxylic acids is 1. The molecule has 0 aromatic rings. The molecule has 0 aromatic carbocycles. The highest BCUT2D eigenvalue weighted by molar-refractivity contribution is 5.86. The second kappa shape index (κ2) is 6.78. The van der Waals surface area contributed by atoms with Gasteiger partial charge in [-0.25, -0.2) is 9.59 Å². The minimum Gasteiger partial charge on any atom is -0.480 e. The first-order valence-corrected chi connectivity index (χ1v) is 7.29. The number of carbonyl (C=O) groups is 2. The molecule has 0 saturated heterocycles. The molecule has 0 aromatic heterocycles. The number of amides is 2. The molecule has 0 radical (unpaired) electrons. The summed E-state index contributed by atoms with van der Waals surface area (Å²) in [4.78, 5) is 25.4. The van der Waals surface area contributed by atoms with E-state index in [0.717, 1.165) is 6.54 Å². The third kappa shape index (κ3) is 3.61. The van der Waals surface area contributed by atoms with Crippen LogP contribution in [-0.2, 0) is 4.79 Å². The van der Waals surface area contributed by atoms with Gasteiger partial charge in [-0.05, 0) is 38.5 Å². The van der Waals surface area contributed by atoms with Crippen molar-refractivity contribution in [1.29, 1.82) is 0 Å². The van der Waals surface area contributed by atoms with Crippen LogP contribution in [0.3, 0.4) is 0 Å². The topological polar surface area (TPSA) is 69.6 Å². The van der Waals surface area contributed by atoms with Gasteiger partial charge in [0.25, 0.3) is 0 Å². The van der Waals surface area contributed by atoms with Crippen LogP contribution in [0.4, 0.5) is 4.79 Å². The van der Waals surface area contributed by atoms with Gasteiger partial charge in [0.05, 0.1) is 0 Å². The van der Waals surface area contributed by atoms with E-state index in [4.69, 9.17) is 0 Å². The van der Waals surface area contributed by atoms with Gasteiger partial charge in [0.1, 0.15) is 5.54 Å². The van der Waals surface area contributed by atoms with Crippen LogP contribution < -0.4 is 5.32 Å². The molecule has 0 heterocycles. The van der Waals surface area contributed by atoms with Gasteiger partial charge in [-0.3, -0.25) is 0 Å². The summed E-state index contributed by atoms with van der Waals surface area (Å²) in [5, 5.41) is 12.1. The highest BCUT2D eigenvalue weighted by Gasteiger charge is 2.37. The van der Waals surface area contributed by atoms with E-state index in [9.17, 15) is 14.7 Å². The lowest BCUT2D eigenvalue weighted by Gasteiger charge is -2.35. The van der Waals surface area contributed by atoms with Crippen molar-refractivity contribution in [2.45, 2.75) is 58.4 Å². The number of rotatable bonds is 7. The van der Waals surface area contributed by atoms with Crippen LogP contribution in [0, 0.1) is 5.92 Å². The summed E-state index contributed by atoms with van der Waals surface area (Å²) in [5.74, 6) is -0.362. The third-order valence-electron chi connectivity index (χ3n) is 4.33. The van der Waals surface area contributed by atoms with Crippen molar-refractivity contribution in [1.82, 2.24) is 10.2 Å². The third-order valence-corrected chi connectivity index (χ3v) is 4.33. The smallest absolute Gasteiger partial charge is 0.329 e. The van der Waals surface area contributed by atoms with Gasteiger partial charge in [-0.15, -0.1) is 0 Å². The zero-order valence-electron chi connectivity index (χ0n) is 12.2. The molecule has 2 N–H and O–H groups in total. The van der Waals surface area contributed by atoms with Crippen molar-refractivity contribution >= 4 is 12.0 Å². The molecule has 1 fully saturated rings. The quantitative estimate of drug-likeness (QED) is 0.746. The fourth-order valence-electron chi connectivity index (χ4n) is 2.41. The molecule has 0 unspecified atom stereocenters. The van der Waals surface area contributed by atoms with Crippen LogP contribution in [0.1, 0.15) is 52.9 Å². The largest absolute Gasteiger partial charge is 0.480 e. The Labute approximate surface area is 115 Å². The molecule has 0 bridgehead atoms. The molecule has 1 aliphatic carbocycles. The number of carboxylic acid groups (broad SMARTS) is 1. The number of urea groups is 1. The fraction of sp³-hybridized carbons (Fsp3) is 0.857. The molecular formula is C14H26N2O3. The number of hydrogen-bond donors (Lipinski definition) is 2. The molecule has 1 saturated carbocycles. The van der Waals surface area contributed by atoms with Crippen LogP contribution in [0.5, 0.6) is 0 Å². The first-order chi connectivity index (χ1) is 8.99. The average molecular weight is 270 g/mol. The molecule has 110 valence electrons. The Morgan fingerprint density at radius 3 is 2.16 bits per heavy atom. The summed E-state index contributed by atoms with van der Waals surface area (Å²) < 4.78 is 0. The van der Waals surface area contributed by atoms with E-state index in [1.165, 1.54) is 19.3 Å². The Balaban J connectivity index is 2.65. The maximum Gasteiger partial charge on any atom is 0.329 e. The summed E-state index contributed by atoms with van der Waals surface area (Å²) in [5.41, 5.74) is -1.13. The van der Waals surface area contributed by atoms with E-state index in [1.807, 2.05) is 6.92 Å². The lowest BCUT2D eigenvalue weighted by molar-refractivity contribution is -0.144. The molecule has 5 nitrogen and oxygen atoms in total. The van der Waals surface area contributed by atoms with Crippen LogP contribution in [0.2, 0.25) is 0 Å². The van der Waals surface area contributed by atoms with Gasteiger partial charge in [-0.1, -0.05) is 20.3 Å². The van der Waals surface area contributed by atoms with E-state index in [1.54, 1.807) is 18.7 Å². The average Bonchev–Trinajstić information content (AvgIpc) is 2.34. The minimum atomic E-state index is -1.13. The number of nitrogens with zero attached hydrogens (tertiary/aromatic N) is 1. The maximum absolute atomic E-state index is 12.2. The second-order valence-electron chi connectivity index (χ2n) is 5.36. The number of aliphatic carboxylic acids is 1. The predicted octanol–water partition coefficient (Wildman–Crippen LogP) is 2.46. The number of carboxylic acids is 1. The Kier molecular flexibility index (Phi) is 5.63. The van der Waals surface area contributed by atoms with Gasteiger partial charge in [0.15, 0.2) is 0 Å². The van der Waals surface area contributed by atoms with Gasteiger partial charge in [0, 0.05) is 13.1 Å². The molecule has 5 heteroatoms. The highest BCUT2D eigenvalue weighted by Crippen LogP contribution is 2.27. The highest BCUT2D eigenvalue weighted by atomic mass is 16.4. The van der Waals surface area contributed by atoms with E-state index >= 15 is 0 Å². The van der Waals surface area contributed by atoms with Crippen LogP contribution in [-0.4, -0.2) is 40.6 Å². The van der Waals surface area contributed by atoms with Gasteiger partial charge in [0.2, 0.25) is 0 Å². The van der Waals surface area contributed by atoms with Gasteiger partial charge >= 0.3 is 12.0 Å².